The number of ether oxygens (including phenoxy) is 1. The van der Waals surface area contributed by atoms with Crippen molar-refractivity contribution in [2.24, 2.45) is 0 Å². The minimum absolute atomic E-state index is 0.0791. The fourth-order valence-corrected chi connectivity index (χ4v) is 3.12. The van der Waals surface area contributed by atoms with E-state index in [1.54, 1.807) is 45.0 Å². The number of esters is 1. The second kappa shape index (κ2) is 8.70. The zero-order chi connectivity index (χ0) is 20.4. The first-order valence-corrected chi connectivity index (χ1v) is 9.43. The zero-order valence-electron chi connectivity index (χ0n) is 14.9. The van der Waals surface area contributed by atoms with E-state index in [-0.39, 0.29) is 27.2 Å². The fraction of sp³-hybridized carbons (Fsp3) is 0.263. The van der Waals surface area contributed by atoms with E-state index in [1.165, 1.54) is 17.0 Å². The smallest absolute Gasteiger partial charge is 0.326 e. The van der Waals surface area contributed by atoms with Crippen LogP contribution in [-0.4, -0.2) is 24.0 Å². The van der Waals surface area contributed by atoms with Crippen LogP contribution in [-0.2, 0) is 9.53 Å². The van der Waals surface area contributed by atoms with Crippen molar-refractivity contribution >= 4 is 64.0 Å². The molecule has 0 aliphatic rings. The number of hydrogen-bond donors (Lipinski definition) is 0. The average Bonchev–Trinajstić information content (AvgIpc) is 2.53. The van der Waals surface area contributed by atoms with Crippen LogP contribution in [0.2, 0.25) is 20.1 Å². The van der Waals surface area contributed by atoms with E-state index in [1.807, 2.05) is 0 Å². The Bertz CT molecular complexity index is 857. The van der Waals surface area contributed by atoms with Crippen molar-refractivity contribution in [2.45, 2.75) is 26.4 Å². The Hall–Kier alpha value is -1.46. The third-order valence-electron chi connectivity index (χ3n) is 3.34. The summed E-state index contributed by atoms with van der Waals surface area (Å²) in [5.74, 6) is -1.15. The van der Waals surface area contributed by atoms with Crippen LogP contribution >= 0.6 is 46.4 Å². The first kappa shape index (κ1) is 21.8. The van der Waals surface area contributed by atoms with Gasteiger partial charge < -0.3 is 4.74 Å². The monoisotopic (exact) mass is 447 g/mol. The Morgan fingerprint density at radius 3 is 2.04 bits per heavy atom. The highest BCUT2D eigenvalue weighted by Gasteiger charge is 2.27. The molecule has 0 unspecified atom stereocenters. The maximum absolute atomic E-state index is 13.2. The van der Waals surface area contributed by atoms with Crippen molar-refractivity contribution in [2.75, 3.05) is 11.4 Å². The number of halogens is 4. The molecule has 0 bridgehead atoms. The Morgan fingerprint density at radius 1 is 0.926 bits per heavy atom. The normalized spacial score (nSPS) is 11.2. The zero-order valence-corrected chi connectivity index (χ0v) is 17.9. The summed E-state index contributed by atoms with van der Waals surface area (Å²) >= 11 is 24.4. The fourth-order valence-electron chi connectivity index (χ4n) is 2.27. The third kappa shape index (κ3) is 5.76. The van der Waals surface area contributed by atoms with Crippen LogP contribution in [0.3, 0.4) is 0 Å². The van der Waals surface area contributed by atoms with E-state index in [2.05, 4.69) is 0 Å². The van der Waals surface area contributed by atoms with E-state index >= 15 is 0 Å². The first-order valence-electron chi connectivity index (χ1n) is 7.92. The number of benzene rings is 2. The molecule has 8 heteroatoms. The molecule has 0 aliphatic carbocycles. The predicted molar refractivity (Wildman–Crippen MR) is 110 cm³/mol. The molecule has 0 saturated carbocycles. The second-order valence-corrected chi connectivity index (χ2v) is 8.30. The highest BCUT2D eigenvalue weighted by molar-refractivity contribution is 6.42. The highest BCUT2D eigenvalue weighted by atomic mass is 35.5. The number of nitrogens with zero attached hydrogens (tertiary/aromatic N) is 1. The van der Waals surface area contributed by atoms with Gasteiger partial charge in [-0.05, 0) is 51.1 Å². The third-order valence-corrected chi connectivity index (χ3v) is 4.71. The molecule has 2 aromatic carbocycles. The van der Waals surface area contributed by atoms with Crippen LogP contribution in [0.1, 0.15) is 31.1 Å². The molecule has 27 heavy (non-hydrogen) atoms. The van der Waals surface area contributed by atoms with Gasteiger partial charge in [-0.3, -0.25) is 14.5 Å². The second-order valence-electron chi connectivity index (χ2n) is 6.67. The molecular weight excluding hydrogens is 432 g/mol. The van der Waals surface area contributed by atoms with E-state index < -0.39 is 17.5 Å². The van der Waals surface area contributed by atoms with Gasteiger partial charge in [0.1, 0.15) is 12.1 Å². The van der Waals surface area contributed by atoms with Gasteiger partial charge in [-0.15, -0.1) is 0 Å². The molecule has 0 aromatic heterocycles. The van der Waals surface area contributed by atoms with Gasteiger partial charge >= 0.3 is 5.97 Å². The Labute approximate surface area is 177 Å². The predicted octanol–water partition coefficient (Wildman–Crippen LogP) is 6.29. The first-order chi connectivity index (χ1) is 12.5. The van der Waals surface area contributed by atoms with Crippen LogP contribution in [0.25, 0.3) is 0 Å². The van der Waals surface area contributed by atoms with Crippen LogP contribution in [0.4, 0.5) is 5.69 Å². The van der Waals surface area contributed by atoms with Crippen LogP contribution in [0, 0.1) is 0 Å². The lowest BCUT2D eigenvalue weighted by atomic mass is 10.1. The standard InChI is InChI=1S/C19H17Cl4NO3/c1-19(2,3)27-16(25)10-24(11-7-8-12(20)15(23)9-11)18(26)17-13(21)5-4-6-14(17)22/h4-9H,10H2,1-3H3. The van der Waals surface area contributed by atoms with Crippen LogP contribution < -0.4 is 4.90 Å². The summed E-state index contributed by atoms with van der Waals surface area (Å²) in [6, 6.07) is 9.29. The summed E-state index contributed by atoms with van der Waals surface area (Å²) in [5, 5.41) is 0.894. The largest absolute Gasteiger partial charge is 0.459 e. The molecule has 144 valence electrons. The van der Waals surface area contributed by atoms with Gasteiger partial charge in [0.15, 0.2) is 0 Å². The summed E-state index contributed by atoms with van der Waals surface area (Å²) < 4.78 is 5.33. The molecule has 0 heterocycles. The lowest BCUT2D eigenvalue weighted by molar-refractivity contribution is -0.152. The number of carbonyl (C=O) groups excluding carboxylic acids is 2. The molecule has 0 fully saturated rings. The van der Waals surface area contributed by atoms with E-state index in [0.29, 0.717) is 10.7 Å². The Balaban J connectivity index is 2.47. The Kier molecular flexibility index (Phi) is 7.03. The quantitative estimate of drug-likeness (QED) is 0.516. The summed E-state index contributed by atoms with van der Waals surface area (Å²) in [7, 11) is 0. The van der Waals surface area contributed by atoms with Gasteiger partial charge in [-0.25, -0.2) is 0 Å². The van der Waals surface area contributed by atoms with Crippen LogP contribution in [0.15, 0.2) is 36.4 Å². The lowest BCUT2D eigenvalue weighted by Gasteiger charge is -2.26. The number of amides is 1. The molecule has 0 atom stereocenters. The summed E-state index contributed by atoms with van der Waals surface area (Å²) in [4.78, 5) is 26.7. The molecule has 0 aliphatic heterocycles. The van der Waals surface area contributed by atoms with Crippen molar-refractivity contribution in [3.05, 3.63) is 62.1 Å². The molecule has 0 saturated heterocycles. The van der Waals surface area contributed by atoms with Gasteiger partial charge in [0.2, 0.25) is 0 Å². The minimum Gasteiger partial charge on any atom is -0.459 e. The summed E-state index contributed by atoms with van der Waals surface area (Å²) in [6.07, 6.45) is 0. The molecule has 0 spiro atoms. The number of hydrogen-bond acceptors (Lipinski definition) is 3. The molecule has 0 N–H and O–H groups in total. The van der Waals surface area contributed by atoms with Crippen LogP contribution in [0.5, 0.6) is 0 Å². The summed E-state index contributed by atoms with van der Waals surface area (Å²) in [5.41, 5.74) is -0.266. The van der Waals surface area contributed by atoms with Gasteiger partial charge in [-0.1, -0.05) is 52.5 Å². The van der Waals surface area contributed by atoms with E-state index in [9.17, 15) is 9.59 Å². The lowest BCUT2D eigenvalue weighted by Crippen LogP contribution is -2.39. The number of anilines is 1. The van der Waals surface area contributed by atoms with Gasteiger partial charge in [0.25, 0.3) is 5.91 Å². The molecule has 1 amide bonds. The maximum Gasteiger partial charge on any atom is 0.326 e. The van der Waals surface area contributed by atoms with E-state index in [0.717, 1.165) is 0 Å². The van der Waals surface area contributed by atoms with E-state index in [4.69, 9.17) is 51.1 Å². The van der Waals surface area contributed by atoms with Gasteiger partial charge in [0, 0.05) is 5.69 Å². The van der Waals surface area contributed by atoms with Crippen molar-refractivity contribution in [3.63, 3.8) is 0 Å². The average molecular weight is 449 g/mol. The van der Waals surface area contributed by atoms with Crippen molar-refractivity contribution in [1.82, 2.24) is 0 Å². The molecular formula is C19H17Cl4NO3. The van der Waals surface area contributed by atoms with Crippen molar-refractivity contribution < 1.29 is 14.3 Å². The molecule has 2 aromatic rings. The molecule has 0 radical (unpaired) electrons. The Morgan fingerprint density at radius 2 is 1.52 bits per heavy atom. The molecule has 2 rings (SSSR count). The van der Waals surface area contributed by atoms with Crippen molar-refractivity contribution in [1.29, 1.82) is 0 Å². The maximum atomic E-state index is 13.2. The highest BCUT2D eigenvalue weighted by Crippen LogP contribution is 2.31. The molecule has 4 nitrogen and oxygen atoms in total. The van der Waals surface area contributed by atoms with Gasteiger partial charge in [-0.2, -0.15) is 0 Å². The SMILES string of the molecule is CC(C)(C)OC(=O)CN(C(=O)c1c(Cl)cccc1Cl)c1ccc(Cl)c(Cl)c1. The van der Waals surface area contributed by atoms with Crippen molar-refractivity contribution in [3.8, 4) is 0 Å². The van der Waals surface area contributed by atoms with Gasteiger partial charge in [0.05, 0.1) is 25.7 Å². The summed E-state index contributed by atoms with van der Waals surface area (Å²) in [6.45, 7) is 4.86. The minimum atomic E-state index is -0.703. The number of rotatable bonds is 4. The number of carbonyl (C=O) groups is 2. The topological polar surface area (TPSA) is 46.6 Å².